The highest BCUT2D eigenvalue weighted by Gasteiger charge is 2.24. The van der Waals surface area contributed by atoms with Crippen molar-refractivity contribution in [3.05, 3.63) is 0 Å². The van der Waals surface area contributed by atoms with Crippen LogP contribution < -0.4 is 0 Å². The monoisotopic (exact) mass is 428 g/mol. The molecule has 2 heterocycles. The highest BCUT2D eigenvalue weighted by atomic mass is 16.2. The molecule has 0 aliphatic carbocycles. The minimum Gasteiger partial charge on any atom is -0.286 e. The van der Waals surface area contributed by atoms with E-state index in [0.717, 1.165) is 0 Å². The Balaban J connectivity index is -0.0000000452. The lowest BCUT2D eigenvalue weighted by atomic mass is 10.4. The molecule has 0 spiro atoms. The zero-order valence-corrected chi connectivity index (χ0v) is 19.5. The van der Waals surface area contributed by atoms with Crippen LogP contribution in [0.2, 0.25) is 0 Å². The first-order valence-corrected chi connectivity index (χ1v) is 9.60. The number of imide groups is 2. The van der Waals surface area contributed by atoms with E-state index in [0.29, 0.717) is 25.7 Å². The molecule has 0 radical (unpaired) electrons. The fourth-order valence-corrected chi connectivity index (χ4v) is 1.38. The maximum Gasteiger partial charge on any atom is 0.229 e. The second kappa shape index (κ2) is 37.2. The van der Waals surface area contributed by atoms with E-state index in [9.17, 15) is 19.2 Å². The van der Waals surface area contributed by atoms with Gasteiger partial charge in [0.1, 0.15) is 0 Å². The summed E-state index contributed by atoms with van der Waals surface area (Å²) < 4.78 is 0. The molecule has 0 unspecified atom stereocenters. The van der Waals surface area contributed by atoms with Gasteiger partial charge in [0, 0.05) is 39.8 Å². The molecule has 0 bridgehead atoms. The third-order valence-corrected chi connectivity index (χ3v) is 2.60. The molecule has 0 aromatic heterocycles. The van der Waals surface area contributed by atoms with Crippen LogP contribution in [0.1, 0.15) is 95.9 Å². The van der Waals surface area contributed by atoms with Gasteiger partial charge in [0.05, 0.1) is 0 Å². The van der Waals surface area contributed by atoms with E-state index in [4.69, 9.17) is 0 Å². The quantitative estimate of drug-likeness (QED) is 0.394. The van der Waals surface area contributed by atoms with E-state index >= 15 is 0 Å². The fraction of sp³-hybridized carbons (Fsp3) is 0.667. The molecule has 0 aromatic rings. The third kappa shape index (κ3) is 27.6. The van der Waals surface area contributed by atoms with E-state index < -0.39 is 0 Å². The Morgan fingerprint density at radius 1 is 0.567 bits per heavy atom. The average Bonchev–Trinajstić information content (AvgIpc) is 3.18. The number of carbonyl (C=O) groups excluding carboxylic acids is 4. The maximum absolute atomic E-state index is 10.5. The lowest BCUT2D eigenvalue weighted by molar-refractivity contribution is -0.138. The molecule has 0 saturated carbocycles. The molecular weight excluding hydrogens is 380 g/mol. The number of nitrogens with zero attached hydrogens (tertiary/aromatic N) is 2. The summed E-state index contributed by atoms with van der Waals surface area (Å²) in [5.41, 5.74) is 0. The number of hydrogen-bond acceptors (Lipinski definition) is 4. The van der Waals surface area contributed by atoms with Crippen molar-refractivity contribution in [2.75, 3.05) is 14.1 Å². The molecule has 2 rings (SSSR count). The molecule has 2 aliphatic heterocycles. The molecule has 4 amide bonds. The first kappa shape index (κ1) is 45.9. The Hall–Kier alpha value is -2.60. The maximum atomic E-state index is 10.5. The van der Waals surface area contributed by atoms with Gasteiger partial charge in [-0.2, -0.15) is 0 Å². The van der Waals surface area contributed by atoms with Crippen molar-refractivity contribution in [3.8, 4) is 24.7 Å². The van der Waals surface area contributed by atoms with Crippen molar-refractivity contribution in [1.82, 2.24) is 9.80 Å². The van der Waals surface area contributed by atoms with Crippen LogP contribution in [0.4, 0.5) is 0 Å². The van der Waals surface area contributed by atoms with Gasteiger partial charge in [-0.25, -0.2) is 0 Å². The minimum atomic E-state index is -0.0602. The van der Waals surface area contributed by atoms with E-state index in [1.807, 2.05) is 41.5 Å². The van der Waals surface area contributed by atoms with Crippen molar-refractivity contribution in [2.24, 2.45) is 0 Å². The number of terminal acetylenes is 2. The molecule has 0 atom stereocenters. The number of hydrogen-bond donors (Lipinski definition) is 0. The SMILES string of the molecule is C.C.C#CC.C#CC.CC.CC.CC.CN1C(=O)CCC1=O.CN1C(=O)CCC1=O. The molecule has 2 aliphatic rings. The largest absolute Gasteiger partial charge is 0.286 e. The highest BCUT2D eigenvalue weighted by molar-refractivity contribution is 6.02. The van der Waals surface area contributed by atoms with Crippen LogP contribution in [0.15, 0.2) is 0 Å². The number of rotatable bonds is 0. The van der Waals surface area contributed by atoms with Crippen LogP contribution in [-0.2, 0) is 19.2 Å². The number of carbonyl (C=O) groups is 4. The van der Waals surface area contributed by atoms with Crippen LogP contribution >= 0.6 is 0 Å². The van der Waals surface area contributed by atoms with Gasteiger partial charge >= 0.3 is 0 Å². The predicted molar refractivity (Wildman–Crippen MR) is 131 cm³/mol. The van der Waals surface area contributed by atoms with Crippen LogP contribution in [0.5, 0.6) is 0 Å². The zero-order valence-electron chi connectivity index (χ0n) is 19.5. The molecule has 0 aromatic carbocycles. The lowest BCUT2D eigenvalue weighted by Crippen LogP contribution is -2.23. The lowest BCUT2D eigenvalue weighted by Gasteiger charge is -2.01. The summed E-state index contributed by atoms with van der Waals surface area (Å²) in [6, 6.07) is 0. The molecular formula is C24H48N2O4. The van der Waals surface area contributed by atoms with Gasteiger partial charge in [-0.1, -0.05) is 56.4 Å². The van der Waals surface area contributed by atoms with E-state index in [2.05, 4.69) is 24.7 Å². The molecule has 0 N–H and O–H groups in total. The summed E-state index contributed by atoms with van der Waals surface area (Å²) in [6.07, 6.45) is 10.8. The Morgan fingerprint density at radius 3 is 0.700 bits per heavy atom. The summed E-state index contributed by atoms with van der Waals surface area (Å²) in [7, 11) is 3.02. The van der Waals surface area contributed by atoms with Gasteiger partial charge < -0.3 is 0 Å². The number of likely N-dealkylation sites (tertiary alicyclic amines) is 2. The molecule has 30 heavy (non-hydrogen) atoms. The zero-order chi connectivity index (χ0) is 23.7. The van der Waals surface area contributed by atoms with Gasteiger partial charge in [-0.05, 0) is 13.8 Å². The van der Waals surface area contributed by atoms with E-state index in [-0.39, 0.29) is 38.5 Å². The first-order valence-electron chi connectivity index (χ1n) is 9.60. The van der Waals surface area contributed by atoms with Gasteiger partial charge in [0.25, 0.3) is 0 Å². The minimum absolute atomic E-state index is 0. The molecule has 2 fully saturated rings. The van der Waals surface area contributed by atoms with Crippen molar-refractivity contribution >= 4 is 23.6 Å². The van der Waals surface area contributed by atoms with Gasteiger partial charge in [-0.15, -0.1) is 24.7 Å². The van der Waals surface area contributed by atoms with Crippen molar-refractivity contribution in [2.45, 2.75) is 95.9 Å². The van der Waals surface area contributed by atoms with E-state index in [1.54, 1.807) is 13.8 Å². The molecule has 6 heteroatoms. The summed E-state index contributed by atoms with van der Waals surface area (Å²) in [6.45, 7) is 15.3. The Labute approximate surface area is 187 Å². The predicted octanol–water partition coefficient (Wildman–Crippen LogP) is 5.16. The van der Waals surface area contributed by atoms with Crippen LogP contribution in [0.3, 0.4) is 0 Å². The van der Waals surface area contributed by atoms with Gasteiger partial charge in [-0.3, -0.25) is 29.0 Å². The normalized spacial score (nSPS) is 12.0. The van der Waals surface area contributed by atoms with Crippen LogP contribution in [0.25, 0.3) is 0 Å². The van der Waals surface area contributed by atoms with Gasteiger partial charge in [0.2, 0.25) is 23.6 Å². The van der Waals surface area contributed by atoms with Crippen LogP contribution in [-0.4, -0.2) is 47.5 Å². The molecule has 2 saturated heterocycles. The highest BCUT2D eigenvalue weighted by Crippen LogP contribution is 2.07. The Kier molecular flexibility index (Phi) is 56.9. The van der Waals surface area contributed by atoms with Gasteiger partial charge in [0.15, 0.2) is 0 Å². The van der Waals surface area contributed by atoms with Crippen molar-refractivity contribution < 1.29 is 19.2 Å². The standard InChI is InChI=1S/2C5H7NO2.2C3H4.3C2H6.2CH4/c2*1-6-4(7)2-3-5(6)8;2*1-3-2;3*1-2;;/h2*2-3H2,1H3;2*1H,2H3;3*1-2H3;2*1H4. The second-order valence-electron chi connectivity index (χ2n) is 4.27. The summed E-state index contributed by atoms with van der Waals surface area (Å²) in [5, 5.41) is 0. The summed E-state index contributed by atoms with van der Waals surface area (Å²) >= 11 is 0. The van der Waals surface area contributed by atoms with Crippen molar-refractivity contribution in [3.63, 3.8) is 0 Å². The Bertz CT molecular complexity index is 422. The fourth-order valence-electron chi connectivity index (χ4n) is 1.38. The van der Waals surface area contributed by atoms with Crippen molar-refractivity contribution in [1.29, 1.82) is 0 Å². The molecule has 6 nitrogen and oxygen atoms in total. The van der Waals surface area contributed by atoms with E-state index in [1.165, 1.54) is 23.9 Å². The summed E-state index contributed by atoms with van der Waals surface area (Å²) in [4.78, 5) is 44.3. The third-order valence-electron chi connectivity index (χ3n) is 2.60. The Morgan fingerprint density at radius 2 is 0.667 bits per heavy atom. The second-order valence-corrected chi connectivity index (χ2v) is 4.27. The smallest absolute Gasteiger partial charge is 0.229 e. The summed E-state index contributed by atoms with van der Waals surface area (Å²) in [5.74, 6) is 4.26. The number of amides is 4. The molecule has 178 valence electrons. The van der Waals surface area contributed by atoms with Crippen LogP contribution in [0, 0.1) is 24.7 Å². The first-order chi connectivity index (χ1) is 13.3. The topological polar surface area (TPSA) is 74.8 Å². The average molecular weight is 429 g/mol.